The number of aliphatic hydroxyl groups excluding tert-OH is 1. The van der Waals surface area contributed by atoms with Gasteiger partial charge in [0.15, 0.2) is 5.82 Å². The Balaban J connectivity index is 2.84. The van der Waals surface area contributed by atoms with Crippen molar-refractivity contribution in [3.05, 3.63) is 11.6 Å². The first-order chi connectivity index (χ1) is 7.24. The Hall–Kier alpha value is -0.900. The van der Waals surface area contributed by atoms with Gasteiger partial charge in [0.1, 0.15) is 12.4 Å². The summed E-state index contributed by atoms with van der Waals surface area (Å²) in [4.78, 5) is 0. The van der Waals surface area contributed by atoms with Crippen LogP contribution in [0.3, 0.4) is 0 Å². The minimum atomic E-state index is -0.0333. The molecule has 0 aliphatic heterocycles. The van der Waals surface area contributed by atoms with Crippen molar-refractivity contribution < 1.29 is 5.11 Å². The van der Waals surface area contributed by atoms with E-state index in [0.717, 1.165) is 31.5 Å². The highest BCUT2D eigenvalue weighted by Gasteiger charge is 2.17. The zero-order valence-electron chi connectivity index (χ0n) is 9.90. The summed E-state index contributed by atoms with van der Waals surface area (Å²) in [6.45, 7) is 4.34. The second-order valence-electron chi connectivity index (χ2n) is 3.97. The monoisotopic (exact) mass is 211 g/mol. The Morgan fingerprint density at radius 3 is 2.20 bits per heavy atom. The highest BCUT2D eigenvalue weighted by molar-refractivity contribution is 5.00. The molecule has 0 saturated heterocycles. The first kappa shape index (κ1) is 12.2. The number of hydrogen-bond donors (Lipinski definition) is 1. The molecule has 86 valence electrons. The molecule has 0 aromatic carbocycles. The minimum Gasteiger partial charge on any atom is -0.388 e. The molecule has 0 radical (unpaired) electrons. The van der Waals surface area contributed by atoms with Crippen molar-refractivity contribution in [2.75, 3.05) is 0 Å². The lowest BCUT2D eigenvalue weighted by Crippen LogP contribution is -2.08. The van der Waals surface area contributed by atoms with Crippen molar-refractivity contribution in [3.63, 3.8) is 0 Å². The van der Waals surface area contributed by atoms with Crippen molar-refractivity contribution in [2.45, 2.75) is 52.1 Å². The highest BCUT2D eigenvalue weighted by Crippen LogP contribution is 2.24. The van der Waals surface area contributed by atoms with E-state index < -0.39 is 0 Å². The van der Waals surface area contributed by atoms with Gasteiger partial charge in [-0.2, -0.15) is 0 Å². The van der Waals surface area contributed by atoms with Crippen LogP contribution in [-0.4, -0.2) is 19.9 Å². The van der Waals surface area contributed by atoms with Crippen molar-refractivity contribution >= 4 is 0 Å². The summed E-state index contributed by atoms with van der Waals surface area (Å²) < 4.78 is 1.93. The Morgan fingerprint density at radius 1 is 1.20 bits per heavy atom. The molecule has 4 nitrogen and oxygen atoms in total. The lowest BCUT2D eigenvalue weighted by molar-refractivity contribution is 0.266. The fourth-order valence-electron chi connectivity index (χ4n) is 1.97. The van der Waals surface area contributed by atoms with Gasteiger partial charge < -0.3 is 9.67 Å². The normalized spacial score (nSPS) is 11.3. The maximum absolute atomic E-state index is 9.05. The van der Waals surface area contributed by atoms with Gasteiger partial charge in [-0.25, -0.2) is 0 Å². The smallest absolute Gasteiger partial charge is 0.158 e. The van der Waals surface area contributed by atoms with E-state index in [1.54, 1.807) is 0 Å². The number of aromatic nitrogens is 3. The van der Waals surface area contributed by atoms with Gasteiger partial charge in [-0.15, -0.1) is 10.2 Å². The molecule has 1 N–H and O–H groups in total. The molecule has 1 aromatic heterocycles. The predicted molar refractivity (Wildman–Crippen MR) is 59.5 cm³/mol. The van der Waals surface area contributed by atoms with E-state index in [1.807, 2.05) is 11.6 Å². The van der Waals surface area contributed by atoms with Crippen LogP contribution in [0.25, 0.3) is 0 Å². The highest BCUT2D eigenvalue weighted by atomic mass is 16.3. The van der Waals surface area contributed by atoms with Crippen LogP contribution in [0.15, 0.2) is 0 Å². The van der Waals surface area contributed by atoms with Crippen molar-refractivity contribution in [1.82, 2.24) is 14.8 Å². The lowest BCUT2D eigenvalue weighted by atomic mass is 9.97. The Bertz CT molecular complexity index is 290. The van der Waals surface area contributed by atoms with Gasteiger partial charge in [-0.3, -0.25) is 0 Å². The molecule has 0 aliphatic carbocycles. The van der Waals surface area contributed by atoms with Crippen LogP contribution < -0.4 is 0 Å². The summed E-state index contributed by atoms with van der Waals surface area (Å²) >= 11 is 0. The Morgan fingerprint density at radius 2 is 1.80 bits per heavy atom. The molecule has 1 heterocycles. The van der Waals surface area contributed by atoms with Gasteiger partial charge in [0, 0.05) is 13.0 Å². The molecule has 0 amide bonds. The maximum atomic E-state index is 9.05. The number of hydrogen-bond acceptors (Lipinski definition) is 3. The van der Waals surface area contributed by atoms with Crippen LogP contribution in [-0.2, 0) is 13.7 Å². The molecule has 0 fully saturated rings. The first-order valence-corrected chi connectivity index (χ1v) is 5.73. The van der Waals surface area contributed by atoms with Crippen LogP contribution >= 0.6 is 0 Å². The molecule has 1 rings (SSSR count). The predicted octanol–water partition coefficient (Wildman–Crippen LogP) is 1.99. The number of nitrogens with zero attached hydrogens (tertiary/aromatic N) is 3. The van der Waals surface area contributed by atoms with E-state index in [0.29, 0.717) is 11.7 Å². The fourth-order valence-corrected chi connectivity index (χ4v) is 1.97. The molecule has 0 bridgehead atoms. The van der Waals surface area contributed by atoms with E-state index in [4.69, 9.17) is 5.11 Å². The van der Waals surface area contributed by atoms with Gasteiger partial charge in [-0.05, 0) is 12.8 Å². The van der Waals surface area contributed by atoms with Crippen LogP contribution in [0.2, 0.25) is 0 Å². The third kappa shape index (κ3) is 2.78. The second kappa shape index (κ2) is 5.85. The standard InChI is InChI=1S/C11H21N3O/c1-4-6-9(7-5-2)11-13-12-10(8-15)14(11)3/h9,15H,4-8H2,1-3H3. The summed E-state index contributed by atoms with van der Waals surface area (Å²) in [7, 11) is 1.93. The summed E-state index contributed by atoms with van der Waals surface area (Å²) in [5.41, 5.74) is 0. The van der Waals surface area contributed by atoms with Crippen LogP contribution in [0, 0.1) is 0 Å². The molecule has 1 aromatic rings. The largest absolute Gasteiger partial charge is 0.388 e. The molecule has 0 aliphatic rings. The third-order valence-electron chi connectivity index (χ3n) is 2.78. The summed E-state index contributed by atoms with van der Waals surface area (Å²) in [6, 6.07) is 0. The summed E-state index contributed by atoms with van der Waals surface area (Å²) in [6.07, 6.45) is 4.61. The lowest BCUT2D eigenvalue weighted by Gasteiger charge is -2.14. The molecular weight excluding hydrogens is 190 g/mol. The summed E-state index contributed by atoms with van der Waals surface area (Å²) in [5, 5.41) is 17.2. The minimum absolute atomic E-state index is 0.0333. The summed E-state index contributed by atoms with van der Waals surface area (Å²) in [5.74, 6) is 2.16. The zero-order chi connectivity index (χ0) is 11.3. The van der Waals surface area contributed by atoms with Crippen molar-refractivity contribution in [1.29, 1.82) is 0 Å². The van der Waals surface area contributed by atoms with Crippen LogP contribution in [0.1, 0.15) is 57.1 Å². The molecule has 0 unspecified atom stereocenters. The van der Waals surface area contributed by atoms with E-state index >= 15 is 0 Å². The SMILES string of the molecule is CCCC(CCC)c1nnc(CO)n1C. The van der Waals surface area contributed by atoms with E-state index in [-0.39, 0.29) is 6.61 Å². The number of rotatable bonds is 6. The van der Waals surface area contributed by atoms with Gasteiger partial charge >= 0.3 is 0 Å². The number of aliphatic hydroxyl groups is 1. The van der Waals surface area contributed by atoms with Gasteiger partial charge in [-0.1, -0.05) is 26.7 Å². The molecular formula is C11H21N3O. The quantitative estimate of drug-likeness (QED) is 0.783. The molecule has 4 heteroatoms. The van der Waals surface area contributed by atoms with E-state index in [9.17, 15) is 0 Å². The van der Waals surface area contributed by atoms with Crippen LogP contribution in [0.5, 0.6) is 0 Å². The fraction of sp³-hybridized carbons (Fsp3) is 0.818. The average Bonchev–Trinajstić information content (AvgIpc) is 2.59. The van der Waals surface area contributed by atoms with E-state index in [2.05, 4.69) is 24.0 Å². The molecule has 15 heavy (non-hydrogen) atoms. The van der Waals surface area contributed by atoms with Gasteiger partial charge in [0.2, 0.25) is 0 Å². The molecule has 0 spiro atoms. The van der Waals surface area contributed by atoms with Gasteiger partial charge in [0.05, 0.1) is 0 Å². The van der Waals surface area contributed by atoms with E-state index in [1.165, 1.54) is 0 Å². The first-order valence-electron chi connectivity index (χ1n) is 5.73. The van der Waals surface area contributed by atoms with Gasteiger partial charge in [0.25, 0.3) is 0 Å². The van der Waals surface area contributed by atoms with Crippen molar-refractivity contribution in [2.24, 2.45) is 7.05 Å². The molecule has 0 saturated carbocycles. The Labute approximate surface area is 91.3 Å². The van der Waals surface area contributed by atoms with Crippen LogP contribution in [0.4, 0.5) is 0 Å². The van der Waals surface area contributed by atoms with Crippen molar-refractivity contribution in [3.8, 4) is 0 Å². The maximum Gasteiger partial charge on any atom is 0.158 e. The third-order valence-corrected chi connectivity index (χ3v) is 2.78. The topological polar surface area (TPSA) is 50.9 Å². The molecule has 0 atom stereocenters. The second-order valence-corrected chi connectivity index (χ2v) is 3.97. The average molecular weight is 211 g/mol. The Kier molecular flexibility index (Phi) is 4.75. The zero-order valence-corrected chi connectivity index (χ0v) is 9.90.